The van der Waals surface area contributed by atoms with Gasteiger partial charge in [0.15, 0.2) is 0 Å². The maximum Gasteiger partial charge on any atom is 0.311 e. The Labute approximate surface area is 125 Å². The van der Waals surface area contributed by atoms with Gasteiger partial charge in [-0.3, -0.25) is 14.4 Å². The number of rotatable bonds is 2. The Morgan fingerprint density at radius 2 is 2.24 bits per heavy atom. The molecule has 1 aliphatic rings. The Bertz CT molecular complexity index is 878. The van der Waals surface area contributed by atoms with Gasteiger partial charge in [0, 0.05) is 16.8 Å². The molecule has 2 aromatic rings. The zero-order valence-corrected chi connectivity index (χ0v) is 12.1. The maximum absolute atomic E-state index is 11.8. The largest absolute Gasteiger partial charge is 0.493 e. The van der Waals surface area contributed by atoms with Crippen molar-refractivity contribution in [1.29, 1.82) is 0 Å². The monoisotopic (exact) mass is 296 g/mol. The summed E-state index contributed by atoms with van der Waals surface area (Å²) in [5.41, 5.74) is 3.67. The summed E-state index contributed by atoms with van der Waals surface area (Å²) in [7, 11) is 0. The van der Waals surface area contributed by atoms with Crippen molar-refractivity contribution in [3.8, 4) is 18.2 Å². The fraction of sp³-hybridized carbons (Fsp3) is 0.125. The minimum Gasteiger partial charge on any atom is -0.493 e. The number of terminal acetylenes is 1. The molecule has 0 aliphatic carbocycles. The van der Waals surface area contributed by atoms with E-state index in [0.717, 1.165) is 33.9 Å². The Hall–Kier alpha value is -2.58. The molecule has 0 unspecified atom stereocenters. The van der Waals surface area contributed by atoms with Gasteiger partial charge in [-0.25, -0.2) is 0 Å². The van der Waals surface area contributed by atoms with Crippen molar-refractivity contribution in [1.82, 2.24) is 4.57 Å². The molecule has 0 saturated carbocycles. The number of fused-ring (bicyclic) bond motifs is 1. The Morgan fingerprint density at radius 1 is 1.48 bits per heavy atom. The van der Waals surface area contributed by atoms with E-state index in [4.69, 9.17) is 6.42 Å². The second-order valence-corrected chi connectivity index (χ2v) is 5.61. The number of aromatic nitrogens is 1. The van der Waals surface area contributed by atoms with Crippen LogP contribution in [0.1, 0.15) is 17.4 Å². The quantitative estimate of drug-likeness (QED) is 0.866. The van der Waals surface area contributed by atoms with Crippen LogP contribution in [-0.2, 0) is 6.54 Å². The van der Waals surface area contributed by atoms with Gasteiger partial charge < -0.3 is 5.11 Å². The zero-order chi connectivity index (χ0) is 15.0. The Morgan fingerprint density at radius 3 is 3.00 bits per heavy atom. The van der Waals surface area contributed by atoms with Crippen molar-refractivity contribution in [2.75, 3.05) is 0 Å². The molecule has 0 fully saturated rings. The fourth-order valence-corrected chi connectivity index (χ4v) is 3.11. The molecule has 2 heterocycles. The highest BCUT2D eigenvalue weighted by atomic mass is 32.1. The molecule has 3 rings (SSSR count). The molecule has 1 aliphatic heterocycles. The summed E-state index contributed by atoms with van der Waals surface area (Å²) in [6, 6.07) is 7.77. The van der Waals surface area contributed by atoms with Crippen LogP contribution in [0.5, 0.6) is 5.88 Å². The van der Waals surface area contributed by atoms with Gasteiger partial charge in [0.2, 0.25) is 5.88 Å². The first-order valence-electron chi connectivity index (χ1n) is 6.34. The summed E-state index contributed by atoms with van der Waals surface area (Å²) in [5.74, 6) is 2.27. The molecule has 21 heavy (non-hydrogen) atoms. The van der Waals surface area contributed by atoms with Crippen LogP contribution in [0.25, 0.3) is 11.6 Å². The molecular formula is C16H12N2O2S. The second-order valence-electron chi connectivity index (χ2n) is 4.62. The molecule has 104 valence electrons. The number of aliphatic imine (C=N–C) groups is 1. The molecule has 1 N–H and O–H groups in total. The van der Waals surface area contributed by atoms with Crippen LogP contribution in [-0.4, -0.2) is 15.4 Å². The fourth-order valence-electron chi connectivity index (χ4n) is 2.29. The van der Waals surface area contributed by atoms with Crippen LogP contribution in [0.3, 0.4) is 0 Å². The number of para-hydroxylation sites is 1. The van der Waals surface area contributed by atoms with Gasteiger partial charge in [-0.1, -0.05) is 35.5 Å². The summed E-state index contributed by atoms with van der Waals surface area (Å²) in [5, 5.41) is 10.1. The van der Waals surface area contributed by atoms with E-state index >= 15 is 0 Å². The van der Waals surface area contributed by atoms with E-state index in [1.807, 2.05) is 31.2 Å². The standard InChI is InChI=1S/C16H12N2O2S/c1-3-8-18-15(19)14(21-16(18)20)9-12-10(2)17-13-7-5-4-6-11(12)13/h1,4-7,9,19H,8H2,2H3. The van der Waals surface area contributed by atoms with E-state index in [1.165, 1.54) is 4.57 Å². The molecule has 0 saturated heterocycles. The Balaban J connectivity index is 2.13. The molecule has 5 heteroatoms. The highest BCUT2D eigenvalue weighted by Gasteiger charge is 2.19. The molecule has 0 atom stereocenters. The van der Waals surface area contributed by atoms with Gasteiger partial charge in [0.25, 0.3) is 0 Å². The van der Waals surface area contributed by atoms with Gasteiger partial charge >= 0.3 is 4.87 Å². The van der Waals surface area contributed by atoms with Gasteiger partial charge in [-0.15, -0.1) is 6.42 Å². The molecular weight excluding hydrogens is 284 g/mol. The number of thiazole rings is 1. The van der Waals surface area contributed by atoms with E-state index < -0.39 is 0 Å². The van der Waals surface area contributed by atoms with Crippen molar-refractivity contribution in [2.24, 2.45) is 4.99 Å². The van der Waals surface area contributed by atoms with E-state index in [-0.39, 0.29) is 17.3 Å². The van der Waals surface area contributed by atoms with Crippen molar-refractivity contribution >= 4 is 34.4 Å². The number of hydrogen-bond donors (Lipinski definition) is 1. The first kappa shape index (κ1) is 13.4. The van der Waals surface area contributed by atoms with Gasteiger partial charge in [0.05, 0.1) is 17.1 Å². The zero-order valence-electron chi connectivity index (χ0n) is 11.3. The number of hydrogen-bond acceptors (Lipinski definition) is 4. The van der Waals surface area contributed by atoms with Crippen molar-refractivity contribution in [3.05, 3.63) is 44.4 Å². The van der Waals surface area contributed by atoms with Crippen LogP contribution >= 0.6 is 11.3 Å². The van der Waals surface area contributed by atoms with E-state index in [1.54, 1.807) is 6.08 Å². The van der Waals surface area contributed by atoms with Crippen LogP contribution in [0.2, 0.25) is 0 Å². The average Bonchev–Trinajstić information content (AvgIpc) is 2.92. The van der Waals surface area contributed by atoms with Crippen LogP contribution in [0.4, 0.5) is 5.69 Å². The van der Waals surface area contributed by atoms with Gasteiger partial charge in [-0.05, 0) is 19.1 Å². The highest BCUT2D eigenvalue weighted by molar-refractivity contribution is 7.10. The molecule has 0 spiro atoms. The van der Waals surface area contributed by atoms with E-state index in [2.05, 4.69) is 10.9 Å². The third-order valence-electron chi connectivity index (χ3n) is 3.29. The molecule has 1 aromatic heterocycles. The van der Waals surface area contributed by atoms with Crippen molar-refractivity contribution in [3.63, 3.8) is 0 Å². The predicted octanol–water partition coefficient (Wildman–Crippen LogP) is 2.90. The number of aromatic hydroxyl groups is 1. The van der Waals surface area contributed by atoms with Gasteiger partial charge in [-0.2, -0.15) is 0 Å². The normalized spacial score (nSPS) is 14.9. The average molecular weight is 296 g/mol. The summed E-state index contributed by atoms with van der Waals surface area (Å²) >= 11 is 0.975. The second kappa shape index (κ2) is 5.08. The van der Waals surface area contributed by atoms with E-state index in [9.17, 15) is 9.90 Å². The lowest BCUT2D eigenvalue weighted by Gasteiger charge is -2.01. The molecule has 1 aromatic carbocycles. The summed E-state index contributed by atoms with van der Waals surface area (Å²) in [6.07, 6.45) is 7.00. The summed E-state index contributed by atoms with van der Waals surface area (Å²) in [4.78, 5) is 16.5. The third kappa shape index (κ3) is 2.20. The molecule has 0 radical (unpaired) electrons. The summed E-state index contributed by atoms with van der Waals surface area (Å²) in [6.45, 7) is 1.97. The van der Waals surface area contributed by atoms with Crippen LogP contribution < -0.4 is 4.87 Å². The number of benzene rings is 1. The van der Waals surface area contributed by atoms with Gasteiger partial charge in [0.1, 0.15) is 0 Å². The predicted molar refractivity (Wildman–Crippen MR) is 86.2 cm³/mol. The lowest BCUT2D eigenvalue weighted by Crippen LogP contribution is -2.10. The number of nitrogens with zero attached hydrogens (tertiary/aromatic N) is 2. The molecule has 4 nitrogen and oxygen atoms in total. The minimum atomic E-state index is -0.266. The first-order valence-corrected chi connectivity index (χ1v) is 7.16. The van der Waals surface area contributed by atoms with Crippen molar-refractivity contribution < 1.29 is 5.11 Å². The summed E-state index contributed by atoms with van der Waals surface area (Å²) < 4.78 is 1.18. The molecule has 0 amide bonds. The maximum atomic E-state index is 11.8. The minimum absolute atomic E-state index is 0.0635. The lowest BCUT2D eigenvalue weighted by molar-refractivity contribution is 0.423. The third-order valence-corrected chi connectivity index (χ3v) is 4.21. The van der Waals surface area contributed by atoms with Crippen molar-refractivity contribution in [2.45, 2.75) is 13.5 Å². The first-order chi connectivity index (χ1) is 10.1. The van der Waals surface area contributed by atoms with Crippen LogP contribution in [0, 0.1) is 12.3 Å². The molecule has 0 bridgehead atoms. The highest BCUT2D eigenvalue weighted by Crippen LogP contribution is 2.37. The number of allylic oxidation sites excluding steroid dienone is 1. The van der Waals surface area contributed by atoms with E-state index in [0.29, 0.717) is 4.88 Å². The lowest BCUT2D eigenvalue weighted by atomic mass is 10.0. The van der Waals surface area contributed by atoms with Crippen LogP contribution in [0.15, 0.2) is 34.1 Å². The smallest absolute Gasteiger partial charge is 0.311 e. The topological polar surface area (TPSA) is 54.6 Å². The Kier molecular flexibility index (Phi) is 3.24. The SMILES string of the molecule is C#CCn1c(O)c(C=C2C(C)=Nc3ccccc32)sc1=O.